The first-order chi connectivity index (χ1) is 10.4. The van der Waals surface area contributed by atoms with Crippen LogP contribution >= 0.6 is 0 Å². The Morgan fingerprint density at radius 2 is 2.10 bits per heavy atom. The standard InChI is InChI=1S/C16H22N4O/c1-2-7-16(8-3-1)21-11-10-19-9-5-4-6-15(19)12-20-14-17-13-18-20/h1-3,7-8,13-15H,4-6,9-12H2/t15-/m0/s1. The first-order valence-corrected chi connectivity index (χ1v) is 7.66. The number of hydrogen-bond acceptors (Lipinski definition) is 4. The van der Waals surface area contributed by atoms with E-state index in [1.54, 1.807) is 12.7 Å². The van der Waals surface area contributed by atoms with E-state index in [0.717, 1.165) is 32.0 Å². The zero-order chi connectivity index (χ0) is 14.3. The number of rotatable bonds is 6. The highest BCUT2D eigenvalue weighted by Crippen LogP contribution is 2.18. The van der Waals surface area contributed by atoms with E-state index < -0.39 is 0 Å². The number of para-hydroxylation sites is 1. The summed E-state index contributed by atoms with van der Waals surface area (Å²) in [6, 6.07) is 10.6. The Labute approximate surface area is 125 Å². The zero-order valence-electron chi connectivity index (χ0n) is 12.3. The van der Waals surface area contributed by atoms with Crippen LogP contribution in [-0.2, 0) is 6.54 Å². The van der Waals surface area contributed by atoms with Crippen molar-refractivity contribution < 1.29 is 4.74 Å². The highest BCUT2D eigenvalue weighted by molar-refractivity contribution is 5.20. The van der Waals surface area contributed by atoms with Gasteiger partial charge in [-0.3, -0.25) is 9.58 Å². The van der Waals surface area contributed by atoms with Gasteiger partial charge in [-0.15, -0.1) is 0 Å². The molecule has 1 saturated heterocycles. The molecule has 2 aromatic rings. The number of hydrogen-bond donors (Lipinski definition) is 0. The molecule has 1 aromatic carbocycles. The summed E-state index contributed by atoms with van der Waals surface area (Å²) in [6.07, 6.45) is 7.21. The van der Waals surface area contributed by atoms with Gasteiger partial charge in [0.25, 0.3) is 0 Å². The van der Waals surface area contributed by atoms with Crippen molar-refractivity contribution in [1.82, 2.24) is 19.7 Å². The molecule has 112 valence electrons. The quantitative estimate of drug-likeness (QED) is 0.816. The van der Waals surface area contributed by atoms with Crippen molar-refractivity contribution in [3.05, 3.63) is 43.0 Å². The number of aromatic nitrogens is 3. The number of nitrogens with zero attached hydrogens (tertiary/aromatic N) is 4. The van der Waals surface area contributed by atoms with E-state index >= 15 is 0 Å². The third-order valence-corrected chi connectivity index (χ3v) is 4.00. The van der Waals surface area contributed by atoms with E-state index in [1.165, 1.54) is 19.3 Å². The molecule has 1 aliphatic rings. The lowest BCUT2D eigenvalue weighted by molar-refractivity contribution is 0.109. The van der Waals surface area contributed by atoms with Crippen LogP contribution in [0.3, 0.4) is 0 Å². The Morgan fingerprint density at radius 1 is 1.19 bits per heavy atom. The van der Waals surface area contributed by atoms with Gasteiger partial charge in [-0.25, -0.2) is 4.98 Å². The van der Waals surface area contributed by atoms with E-state index in [1.807, 2.05) is 35.0 Å². The minimum atomic E-state index is 0.542. The van der Waals surface area contributed by atoms with Gasteiger partial charge in [0, 0.05) is 12.6 Å². The largest absolute Gasteiger partial charge is 0.492 e. The SMILES string of the molecule is c1ccc(OCCN2CCCC[C@H]2Cn2cncn2)cc1. The molecule has 0 amide bonds. The maximum absolute atomic E-state index is 5.82. The molecular formula is C16H22N4O. The maximum atomic E-state index is 5.82. The summed E-state index contributed by atoms with van der Waals surface area (Å²) in [5, 5.41) is 4.22. The molecule has 0 radical (unpaired) electrons. The van der Waals surface area contributed by atoms with Gasteiger partial charge in [-0.05, 0) is 31.5 Å². The van der Waals surface area contributed by atoms with Crippen LogP contribution in [0.5, 0.6) is 5.75 Å². The Kier molecular flexibility index (Phi) is 4.84. The molecule has 5 nitrogen and oxygen atoms in total. The molecule has 3 rings (SSSR count). The first kappa shape index (κ1) is 14.1. The second-order valence-electron chi connectivity index (χ2n) is 5.46. The third-order valence-electron chi connectivity index (χ3n) is 4.00. The number of ether oxygens (including phenoxy) is 1. The number of benzene rings is 1. The Hall–Kier alpha value is -1.88. The van der Waals surface area contributed by atoms with E-state index in [2.05, 4.69) is 15.0 Å². The molecule has 0 N–H and O–H groups in total. The van der Waals surface area contributed by atoms with Crippen molar-refractivity contribution in [2.75, 3.05) is 19.7 Å². The summed E-state index contributed by atoms with van der Waals surface area (Å²) in [4.78, 5) is 6.55. The van der Waals surface area contributed by atoms with Crippen molar-refractivity contribution in [2.45, 2.75) is 31.8 Å². The Bertz CT molecular complexity index is 514. The second kappa shape index (κ2) is 7.22. The molecule has 0 aliphatic carbocycles. The van der Waals surface area contributed by atoms with Crippen molar-refractivity contribution in [3.63, 3.8) is 0 Å². The topological polar surface area (TPSA) is 43.2 Å². The summed E-state index contributed by atoms with van der Waals surface area (Å²) in [7, 11) is 0. The fourth-order valence-corrected chi connectivity index (χ4v) is 2.90. The van der Waals surface area contributed by atoms with Crippen LogP contribution in [0.25, 0.3) is 0 Å². The molecule has 1 aliphatic heterocycles. The lowest BCUT2D eigenvalue weighted by Gasteiger charge is -2.35. The summed E-state index contributed by atoms with van der Waals surface area (Å²) >= 11 is 0. The third kappa shape index (κ3) is 4.04. The van der Waals surface area contributed by atoms with Crippen molar-refractivity contribution in [3.8, 4) is 5.75 Å². The highest BCUT2D eigenvalue weighted by atomic mass is 16.5. The monoisotopic (exact) mass is 286 g/mol. The Morgan fingerprint density at radius 3 is 2.90 bits per heavy atom. The fourth-order valence-electron chi connectivity index (χ4n) is 2.90. The van der Waals surface area contributed by atoms with Crippen molar-refractivity contribution in [1.29, 1.82) is 0 Å². The molecule has 5 heteroatoms. The van der Waals surface area contributed by atoms with Crippen molar-refractivity contribution >= 4 is 0 Å². The Balaban J connectivity index is 1.50. The molecule has 1 aromatic heterocycles. The lowest BCUT2D eigenvalue weighted by Crippen LogP contribution is -2.44. The minimum Gasteiger partial charge on any atom is -0.492 e. The van der Waals surface area contributed by atoms with E-state index in [-0.39, 0.29) is 0 Å². The van der Waals surface area contributed by atoms with Gasteiger partial charge in [0.15, 0.2) is 0 Å². The van der Waals surface area contributed by atoms with Gasteiger partial charge in [0.2, 0.25) is 0 Å². The van der Waals surface area contributed by atoms with Gasteiger partial charge >= 0.3 is 0 Å². The summed E-state index contributed by atoms with van der Waals surface area (Å²) in [6.45, 7) is 3.77. The molecule has 2 heterocycles. The molecule has 0 spiro atoms. The fraction of sp³-hybridized carbons (Fsp3) is 0.500. The summed E-state index contributed by atoms with van der Waals surface area (Å²) < 4.78 is 7.75. The maximum Gasteiger partial charge on any atom is 0.137 e. The number of likely N-dealkylation sites (tertiary alicyclic amines) is 1. The smallest absolute Gasteiger partial charge is 0.137 e. The molecule has 1 atom stereocenters. The molecule has 21 heavy (non-hydrogen) atoms. The first-order valence-electron chi connectivity index (χ1n) is 7.66. The highest BCUT2D eigenvalue weighted by Gasteiger charge is 2.22. The minimum absolute atomic E-state index is 0.542. The van der Waals surface area contributed by atoms with Crippen LogP contribution in [0.15, 0.2) is 43.0 Å². The molecule has 1 fully saturated rings. The second-order valence-corrected chi connectivity index (χ2v) is 5.46. The van der Waals surface area contributed by atoms with Gasteiger partial charge in [0.05, 0.1) is 6.54 Å². The van der Waals surface area contributed by atoms with E-state index in [9.17, 15) is 0 Å². The number of piperidine rings is 1. The van der Waals surface area contributed by atoms with E-state index in [4.69, 9.17) is 4.74 Å². The lowest BCUT2D eigenvalue weighted by atomic mass is 10.0. The van der Waals surface area contributed by atoms with E-state index in [0.29, 0.717) is 6.04 Å². The normalized spacial score (nSPS) is 19.5. The van der Waals surface area contributed by atoms with Crippen LogP contribution in [0.4, 0.5) is 0 Å². The predicted octanol–water partition coefficient (Wildman–Crippen LogP) is 2.21. The van der Waals surface area contributed by atoms with Crippen molar-refractivity contribution in [2.24, 2.45) is 0 Å². The van der Waals surface area contributed by atoms with Gasteiger partial charge in [-0.2, -0.15) is 5.10 Å². The average molecular weight is 286 g/mol. The van der Waals surface area contributed by atoms with Crippen LogP contribution in [-0.4, -0.2) is 45.4 Å². The summed E-state index contributed by atoms with van der Waals surface area (Å²) in [5.74, 6) is 0.947. The van der Waals surface area contributed by atoms with Crippen LogP contribution in [0.2, 0.25) is 0 Å². The van der Waals surface area contributed by atoms with Gasteiger partial charge in [-0.1, -0.05) is 24.6 Å². The molecule has 0 unspecified atom stereocenters. The van der Waals surface area contributed by atoms with Gasteiger partial charge < -0.3 is 4.74 Å². The molecule has 0 saturated carbocycles. The molecule has 0 bridgehead atoms. The predicted molar refractivity (Wildman–Crippen MR) is 81.2 cm³/mol. The van der Waals surface area contributed by atoms with Crippen LogP contribution in [0, 0.1) is 0 Å². The van der Waals surface area contributed by atoms with Crippen LogP contribution in [0.1, 0.15) is 19.3 Å². The average Bonchev–Trinajstić information content (AvgIpc) is 3.03. The summed E-state index contributed by atoms with van der Waals surface area (Å²) in [5.41, 5.74) is 0. The van der Waals surface area contributed by atoms with Gasteiger partial charge in [0.1, 0.15) is 25.0 Å². The van der Waals surface area contributed by atoms with Crippen LogP contribution < -0.4 is 4.74 Å². The zero-order valence-corrected chi connectivity index (χ0v) is 12.3. The molecular weight excluding hydrogens is 264 g/mol.